The zero-order valence-corrected chi connectivity index (χ0v) is 20.2. The van der Waals surface area contributed by atoms with E-state index >= 15 is 0 Å². The summed E-state index contributed by atoms with van der Waals surface area (Å²) >= 11 is 0. The SMILES string of the molecule is COC(=O)N1C[C@@H](Oc2ccc(F)c(F)c2)C[C@H](C(=O)NO)[C@H]1C(=O)N1CCN(c2ccccc2)CC1. The maximum atomic E-state index is 13.7. The number of likely N-dealkylation sites (tertiary alicyclic amines) is 1. The Balaban J connectivity index is 1.54. The normalized spacial score (nSPS) is 21.8. The highest BCUT2D eigenvalue weighted by atomic mass is 19.2. The average Bonchev–Trinajstić information content (AvgIpc) is 2.94. The van der Waals surface area contributed by atoms with Crippen LogP contribution in [0.1, 0.15) is 6.42 Å². The minimum absolute atomic E-state index is 0.0151. The summed E-state index contributed by atoms with van der Waals surface area (Å²) in [5, 5.41) is 9.38. The van der Waals surface area contributed by atoms with Gasteiger partial charge in [-0.3, -0.25) is 19.7 Å². The Morgan fingerprint density at radius 3 is 2.32 bits per heavy atom. The van der Waals surface area contributed by atoms with Crippen molar-refractivity contribution in [3.05, 3.63) is 60.2 Å². The Hall–Kier alpha value is -3.93. The minimum Gasteiger partial charge on any atom is -0.488 e. The van der Waals surface area contributed by atoms with E-state index < -0.39 is 47.6 Å². The van der Waals surface area contributed by atoms with Crippen molar-refractivity contribution in [3.63, 3.8) is 0 Å². The molecule has 2 fully saturated rings. The molecule has 198 valence electrons. The second-order valence-electron chi connectivity index (χ2n) is 8.85. The van der Waals surface area contributed by atoms with E-state index in [1.807, 2.05) is 30.3 Å². The molecule has 0 saturated carbocycles. The number of amides is 3. The molecule has 0 aromatic heterocycles. The topological polar surface area (TPSA) is 112 Å². The minimum atomic E-state index is -1.26. The molecule has 37 heavy (non-hydrogen) atoms. The summed E-state index contributed by atoms with van der Waals surface area (Å²) in [5.41, 5.74) is 2.59. The van der Waals surface area contributed by atoms with Crippen molar-refractivity contribution in [1.29, 1.82) is 0 Å². The Morgan fingerprint density at radius 2 is 1.70 bits per heavy atom. The third-order valence-electron chi connectivity index (χ3n) is 6.65. The number of nitrogens with zero attached hydrogens (tertiary/aromatic N) is 3. The number of hydrogen-bond donors (Lipinski definition) is 2. The van der Waals surface area contributed by atoms with E-state index in [4.69, 9.17) is 9.47 Å². The third kappa shape index (κ3) is 5.74. The first kappa shape index (κ1) is 26.1. The highest BCUT2D eigenvalue weighted by molar-refractivity contribution is 5.92. The standard InChI is InChI=1S/C25H28F2N4O6/c1-36-25(34)31-15-18(37-17-7-8-20(26)21(27)14-17)13-19(23(32)28-35)22(31)24(33)30-11-9-29(10-12-30)16-5-3-2-4-6-16/h2-8,14,18-19,22,35H,9-13,15H2,1H3,(H,28,32)/t18-,19-,22-/m0/s1. The molecule has 0 radical (unpaired) electrons. The number of benzene rings is 2. The first-order chi connectivity index (χ1) is 17.8. The van der Waals surface area contributed by atoms with Crippen molar-refractivity contribution in [3.8, 4) is 5.75 Å². The van der Waals surface area contributed by atoms with Gasteiger partial charge >= 0.3 is 6.09 Å². The van der Waals surface area contributed by atoms with Crippen LogP contribution >= 0.6 is 0 Å². The van der Waals surface area contributed by atoms with Crippen LogP contribution in [0.3, 0.4) is 0 Å². The zero-order valence-electron chi connectivity index (χ0n) is 20.2. The first-order valence-corrected chi connectivity index (χ1v) is 11.8. The molecule has 0 spiro atoms. The Kier molecular flexibility index (Phi) is 8.07. The summed E-state index contributed by atoms with van der Waals surface area (Å²) < 4.78 is 37.6. The smallest absolute Gasteiger partial charge is 0.410 e. The maximum Gasteiger partial charge on any atom is 0.410 e. The van der Waals surface area contributed by atoms with E-state index in [9.17, 15) is 28.4 Å². The molecule has 2 saturated heterocycles. The summed E-state index contributed by atoms with van der Waals surface area (Å²) in [6, 6.07) is 11.4. The van der Waals surface area contributed by atoms with Gasteiger partial charge in [-0.25, -0.2) is 19.1 Å². The van der Waals surface area contributed by atoms with Gasteiger partial charge in [-0.05, 0) is 24.3 Å². The van der Waals surface area contributed by atoms with Crippen LogP contribution in [0, 0.1) is 17.6 Å². The van der Waals surface area contributed by atoms with Crippen LogP contribution in [-0.2, 0) is 14.3 Å². The third-order valence-corrected chi connectivity index (χ3v) is 6.65. The number of rotatable bonds is 5. The Morgan fingerprint density at radius 1 is 1.00 bits per heavy atom. The molecule has 0 unspecified atom stereocenters. The van der Waals surface area contributed by atoms with E-state index in [-0.39, 0.29) is 18.7 Å². The lowest BCUT2D eigenvalue weighted by Gasteiger charge is -2.45. The van der Waals surface area contributed by atoms with Crippen molar-refractivity contribution in [2.24, 2.45) is 5.92 Å². The largest absolute Gasteiger partial charge is 0.488 e. The van der Waals surface area contributed by atoms with Crippen molar-refractivity contribution in [1.82, 2.24) is 15.3 Å². The molecule has 3 amide bonds. The fourth-order valence-electron chi connectivity index (χ4n) is 4.82. The number of piperazine rings is 1. The van der Waals surface area contributed by atoms with E-state index in [1.165, 1.54) is 6.07 Å². The number of carbonyl (C=O) groups is 3. The summed E-state index contributed by atoms with van der Waals surface area (Å²) in [5.74, 6) is -4.72. The number of nitrogens with one attached hydrogen (secondary N) is 1. The van der Waals surface area contributed by atoms with Crippen molar-refractivity contribution < 1.29 is 37.8 Å². The second kappa shape index (κ2) is 11.4. The van der Waals surface area contributed by atoms with E-state index in [0.717, 1.165) is 29.8 Å². The van der Waals surface area contributed by atoms with Crippen LogP contribution < -0.4 is 15.1 Å². The number of anilines is 1. The molecule has 2 aromatic carbocycles. The highest BCUT2D eigenvalue weighted by Crippen LogP contribution is 2.30. The molecular weight excluding hydrogens is 490 g/mol. The number of methoxy groups -OCH3 is 1. The van der Waals surface area contributed by atoms with Crippen molar-refractivity contribution in [2.45, 2.75) is 18.6 Å². The molecule has 0 bridgehead atoms. The lowest BCUT2D eigenvalue weighted by Crippen LogP contribution is -2.64. The van der Waals surface area contributed by atoms with E-state index in [0.29, 0.717) is 26.2 Å². The van der Waals surface area contributed by atoms with E-state index in [1.54, 1.807) is 10.4 Å². The molecule has 2 aliphatic heterocycles. The molecule has 12 heteroatoms. The molecule has 2 heterocycles. The molecule has 2 N–H and O–H groups in total. The molecule has 10 nitrogen and oxygen atoms in total. The quantitative estimate of drug-likeness (QED) is 0.460. The van der Waals surface area contributed by atoms with Gasteiger partial charge in [-0.1, -0.05) is 18.2 Å². The van der Waals surface area contributed by atoms with Gasteiger partial charge in [-0.15, -0.1) is 0 Å². The number of piperidine rings is 1. The van der Waals surface area contributed by atoms with Crippen LogP contribution in [0.4, 0.5) is 19.3 Å². The fourth-order valence-corrected chi connectivity index (χ4v) is 4.82. The van der Waals surface area contributed by atoms with Crippen LogP contribution in [0.2, 0.25) is 0 Å². The van der Waals surface area contributed by atoms with Gasteiger partial charge in [0.15, 0.2) is 11.6 Å². The Labute approximate surface area is 212 Å². The summed E-state index contributed by atoms with van der Waals surface area (Å²) in [6.07, 6.45) is -1.81. The Bertz CT molecular complexity index is 1100. The van der Waals surface area contributed by atoms with Gasteiger partial charge in [0.05, 0.1) is 19.6 Å². The molecule has 3 atom stereocenters. The van der Waals surface area contributed by atoms with Crippen LogP contribution in [0.15, 0.2) is 48.5 Å². The fraction of sp³-hybridized carbons (Fsp3) is 0.400. The first-order valence-electron chi connectivity index (χ1n) is 11.8. The average molecular weight is 519 g/mol. The van der Waals surface area contributed by atoms with Crippen molar-refractivity contribution >= 4 is 23.6 Å². The molecule has 4 rings (SSSR count). The predicted octanol–water partition coefficient (Wildman–Crippen LogP) is 2.02. The number of ether oxygens (including phenoxy) is 2. The second-order valence-corrected chi connectivity index (χ2v) is 8.85. The van der Waals surface area contributed by atoms with Gasteiger partial charge in [0.1, 0.15) is 17.9 Å². The number of carbonyl (C=O) groups excluding carboxylic acids is 3. The maximum absolute atomic E-state index is 13.7. The summed E-state index contributed by atoms with van der Waals surface area (Å²) in [4.78, 5) is 43.9. The summed E-state index contributed by atoms with van der Waals surface area (Å²) in [7, 11) is 1.14. The predicted molar refractivity (Wildman–Crippen MR) is 127 cm³/mol. The summed E-state index contributed by atoms with van der Waals surface area (Å²) in [6.45, 7) is 1.68. The van der Waals surface area contributed by atoms with Gasteiger partial charge < -0.3 is 19.3 Å². The van der Waals surface area contributed by atoms with E-state index in [2.05, 4.69) is 4.90 Å². The van der Waals surface area contributed by atoms with Gasteiger partial charge in [0.2, 0.25) is 11.8 Å². The highest BCUT2D eigenvalue weighted by Gasteiger charge is 2.49. The number of halogens is 2. The van der Waals surface area contributed by atoms with Crippen LogP contribution in [-0.4, -0.2) is 84.9 Å². The number of para-hydroxylation sites is 1. The van der Waals surface area contributed by atoms with Gasteiger partial charge in [0.25, 0.3) is 0 Å². The monoisotopic (exact) mass is 518 g/mol. The van der Waals surface area contributed by atoms with Gasteiger partial charge in [0, 0.05) is 44.4 Å². The lowest BCUT2D eigenvalue weighted by molar-refractivity contribution is -0.151. The van der Waals surface area contributed by atoms with Crippen LogP contribution in [0.25, 0.3) is 0 Å². The number of hydrogen-bond acceptors (Lipinski definition) is 7. The number of hydroxylamine groups is 1. The molecular formula is C25H28F2N4O6. The zero-order chi connectivity index (χ0) is 26.5. The molecule has 0 aliphatic carbocycles. The van der Waals surface area contributed by atoms with Crippen LogP contribution in [0.5, 0.6) is 5.75 Å². The molecule has 2 aromatic rings. The van der Waals surface area contributed by atoms with Gasteiger partial charge in [-0.2, -0.15) is 0 Å². The lowest BCUT2D eigenvalue weighted by atomic mass is 9.86. The van der Waals surface area contributed by atoms with Crippen molar-refractivity contribution in [2.75, 3.05) is 44.7 Å². The molecule has 2 aliphatic rings.